The zero-order valence-electron chi connectivity index (χ0n) is 18.2. The molecule has 0 saturated carbocycles. The van der Waals surface area contributed by atoms with Gasteiger partial charge in [-0.25, -0.2) is 0 Å². The maximum atomic E-state index is 13.6. The number of rotatable bonds is 2. The number of hydrogen-bond donors (Lipinski definition) is 0. The van der Waals surface area contributed by atoms with Gasteiger partial charge in [0.05, 0.1) is 5.92 Å². The lowest BCUT2D eigenvalue weighted by Crippen LogP contribution is -2.36. The molecule has 0 aromatic heterocycles. The van der Waals surface area contributed by atoms with Crippen LogP contribution in [0, 0.1) is 5.92 Å². The number of ether oxygens (including phenoxy) is 2. The Morgan fingerprint density at radius 1 is 0.818 bits per heavy atom. The van der Waals surface area contributed by atoms with Gasteiger partial charge in [0.1, 0.15) is 13.2 Å². The van der Waals surface area contributed by atoms with Crippen LogP contribution in [-0.2, 0) is 22.7 Å². The van der Waals surface area contributed by atoms with E-state index in [1.807, 2.05) is 47.4 Å². The van der Waals surface area contributed by atoms with Crippen LogP contribution in [0.25, 0.3) is 11.1 Å². The monoisotopic (exact) mass is 440 g/mol. The maximum Gasteiger partial charge on any atom is 0.228 e. The van der Waals surface area contributed by atoms with Crippen molar-refractivity contribution in [2.24, 2.45) is 5.92 Å². The van der Waals surface area contributed by atoms with Crippen LogP contribution in [0.1, 0.15) is 17.5 Å². The van der Waals surface area contributed by atoms with Gasteiger partial charge in [-0.2, -0.15) is 0 Å². The van der Waals surface area contributed by atoms with Gasteiger partial charge in [0.15, 0.2) is 11.5 Å². The Kier molecular flexibility index (Phi) is 4.79. The summed E-state index contributed by atoms with van der Waals surface area (Å²) >= 11 is 0. The Hall–Kier alpha value is -3.80. The number of fused-ring (bicyclic) bond motifs is 4. The summed E-state index contributed by atoms with van der Waals surface area (Å²) in [5, 5.41) is 0. The second-order valence-electron chi connectivity index (χ2n) is 8.74. The summed E-state index contributed by atoms with van der Waals surface area (Å²) in [6.07, 6.45) is 0.215. The minimum atomic E-state index is -0.372. The Morgan fingerprint density at radius 3 is 2.15 bits per heavy atom. The number of carbonyl (C=O) groups is 2. The molecule has 0 radical (unpaired) electrons. The minimum Gasteiger partial charge on any atom is -0.486 e. The van der Waals surface area contributed by atoms with Gasteiger partial charge in [0.2, 0.25) is 11.8 Å². The van der Waals surface area contributed by atoms with Gasteiger partial charge in [-0.1, -0.05) is 48.5 Å². The van der Waals surface area contributed by atoms with E-state index >= 15 is 0 Å². The molecule has 0 bridgehead atoms. The predicted octanol–water partition coefficient (Wildman–Crippen LogP) is 4.02. The predicted molar refractivity (Wildman–Crippen MR) is 124 cm³/mol. The highest BCUT2D eigenvalue weighted by Crippen LogP contribution is 2.37. The summed E-state index contributed by atoms with van der Waals surface area (Å²) in [7, 11) is 0. The summed E-state index contributed by atoms with van der Waals surface area (Å²) in [5.41, 5.74) is 5.34. The van der Waals surface area contributed by atoms with E-state index in [1.165, 1.54) is 11.1 Å². The van der Waals surface area contributed by atoms with Gasteiger partial charge in [-0.3, -0.25) is 9.59 Å². The molecule has 0 aliphatic carbocycles. The van der Waals surface area contributed by atoms with E-state index in [9.17, 15) is 9.59 Å². The Balaban J connectivity index is 1.26. The zero-order chi connectivity index (χ0) is 22.4. The first kappa shape index (κ1) is 19.9. The van der Waals surface area contributed by atoms with Crippen LogP contribution in [-0.4, -0.2) is 36.5 Å². The minimum absolute atomic E-state index is 0.0231. The van der Waals surface area contributed by atoms with E-state index in [4.69, 9.17) is 9.47 Å². The molecule has 3 aliphatic heterocycles. The Morgan fingerprint density at radius 2 is 1.45 bits per heavy atom. The Bertz CT molecular complexity index is 1210. The zero-order valence-corrected chi connectivity index (χ0v) is 18.2. The highest BCUT2D eigenvalue weighted by molar-refractivity contribution is 6.00. The van der Waals surface area contributed by atoms with Crippen LogP contribution < -0.4 is 14.4 Å². The van der Waals surface area contributed by atoms with E-state index < -0.39 is 0 Å². The summed E-state index contributed by atoms with van der Waals surface area (Å²) in [6.45, 7) is 2.46. The van der Waals surface area contributed by atoms with Crippen molar-refractivity contribution in [1.82, 2.24) is 4.90 Å². The fourth-order valence-corrected chi connectivity index (χ4v) is 5.05. The summed E-state index contributed by atoms with van der Waals surface area (Å²) < 4.78 is 11.3. The van der Waals surface area contributed by atoms with Crippen LogP contribution in [0.15, 0.2) is 66.7 Å². The van der Waals surface area contributed by atoms with Gasteiger partial charge < -0.3 is 19.3 Å². The van der Waals surface area contributed by atoms with Gasteiger partial charge in [0, 0.05) is 37.8 Å². The van der Waals surface area contributed by atoms with Crippen molar-refractivity contribution in [1.29, 1.82) is 0 Å². The molecule has 0 N–H and O–H groups in total. The highest BCUT2D eigenvalue weighted by Gasteiger charge is 2.38. The lowest BCUT2D eigenvalue weighted by molar-refractivity contribution is -0.137. The van der Waals surface area contributed by atoms with Crippen LogP contribution in [0.5, 0.6) is 11.5 Å². The van der Waals surface area contributed by atoms with E-state index in [2.05, 4.69) is 24.3 Å². The third-order valence-corrected chi connectivity index (χ3v) is 6.67. The van der Waals surface area contributed by atoms with E-state index in [0.29, 0.717) is 44.3 Å². The smallest absolute Gasteiger partial charge is 0.228 e. The molecule has 1 unspecified atom stereocenters. The fourth-order valence-electron chi connectivity index (χ4n) is 5.05. The molecule has 3 heterocycles. The maximum absolute atomic E-state index is 13.6. The molecule has 6 nitrogen and oxygen atoms in total. The number of nitrogens with zero attached hydrogens (tertiary/aromatic N) is 2. The topological polar surface area (TPSA) is 59.1 Å². The molecule has 33 heavy (non-hydrogen) atoms. The SMILES string of the molecule is O=C(C1CC(=O)N(c2ccc3c(c2)OCCO3)C1)N1Cc2ccccc2-c2ccccc2C1. The molecular formula is C27H24N2O4. The van der Waals surface area contributed by atoms with Crippen LogP contribution in [0.4, 0.5) is 5.69 Å². The molecule has 2 amide bonds. The number of benzene rings is 3. The second kappa shape index (κ2) is 7.96. The average Bonchev–Trinajstić information content (AvgIpc) is 3.16. The first-order chi connectivity index (χ1) is 16.2. The number of amides is 2. The van der Waals surface area contributed by atoms with E-state index in [0.717, 1.165) is 16.8 Å². The van der Waals surface area contributed by atoms with Crippen molar-refractivity contribution < 1.29 is 19.1 Å². The van der Waals surface area contributed by atoms with E-state index in [1.54, 1.807) is 4.90 Å². The molecule has 6 heteroatoms. The molecule has 0 spiro atoms. The largest absolute Gasteiger partial charge is 0.486 e. The van der Waals surface area contributed by atoms with Gasteiger partial charge >= 0.3 is 0 Å². The van der Waals surface area contributed by atoms with Crippen LogP contribution >= 0.6 is 0 Å². The summed E-state index contributed by atoms with van der Waals surface area (Å²) in [5.74, 6) is 0.937. The van der Waals surface area contributed by atoms with Crippen molar-refractivity contribution >= 4 is 17.5 Å². The summed E-state index contributed by atoms with van der Waals surface area (Å²) in [4.78, 5) is 30.1. The molecule has 166 valence electrons. The molecule has 3 aromatic rings. The lowest BCUT2D eigenvalue weighted by atomic mass is 9.97. The molecule has 3 aromatic carbocycles. The van der Waals surface area contributed by atoms with Crippen LogP contribution in [0.3, 0.4) is 0 Å². The fraction of sp³-hybridized carbons (Fsp3) is 0.259. The van der Waals surface area contributed by atoms with Gasteiger partial charge in [0.25, 0.3) is 0 Å². The lowest BCUT2D eigenvalue weighted by Gasteiger charge is -2.25. The second-order valence-corrected chi connectivity index (χ2v) is 8.74. The molecule has 1 fully saturated rings. The van der Waals surface area contributed by atoms with Crippen LogP contribution in [0.2, 0.25) is 0 Å². The quantitative estimate of drug-likeness (QED) is 0.604. The molecular weight excluding hydrogens is 416 g/mol. The normalized spacial score (nSPS) is 19.0. The van der Waals surface area contributed by atoms with Crippen molar-refractivity contribution in [3.05, 3.63) is 77.9 Å². The highest BCUT2D eigenvalue weighted by atomic mass is 16.6. The molecule has 6 rings (SSSR count). The first-order valence-electron chi connectivity index (χ1n) is 11.3. The molecule has 1 saturated heterocycles. The standard InChI is InChI=1S/C27H24N2O4/c30-26-13-20(17-29(26)21-9-10-24-25(14-21)33-12-11-32-24)27(31)28-15-18-5-1-3-7-22(18)23-8-4-2-6-19(23)16-28/h1-10,14,20H,11-13,15-17H2. The number of hydrogen-bond acceptors (Lipinski definition) is 4. The van der Waals surface area contributed by atoms with Crippen molar-refractivity contribution in [2.45, 2.75) is 19.5 Å². The Labute approximate surface area is 192 Å². The average molecular weight is 440 g/mol. The number of carbonyl (C=O) groups excluding carboxylic acids is 2. The van der Waals surface area contributed by atoms with E-state index in [-0.39, 0.29) is 24.2 Å². The first-order valence-corrected chi connectivity index (χ1v) is 11.3. The molecule has 1 atom stereocenters. The van der Waals surface area contributed by atoms with Gasteiger partial charge in [-0.15, -0.1) is 0 Å². The third-order valence-electron chi connectivity index (χ3n) is 6.67. The molecule has 3 aliphatic rings. The van der Waals surface area contributed by atoms with Gasteiger partial charge in [-0.05, 0) is 34.4 Å². The van der Waals surface area contributed by atoms with Crippen molar-refractivity contribution in [2.75, 3.05) is 24.7 Å². The number of anilines is 1. The third kappa shape index (κ3) is 3.52. The van der Waals surface area contributed by atoms with Crippen molar-refractivity contribution in [3.8, 4) is 22.6 Å². The summed E-state index contributed by atoms with van der Waals surface area (Å²) in [6, 6.07) is 22.0. The van der Waals surface area contributed by atoms with Crippen molar-refractivity contribution in [3.63, 3.8) is 0 Å².